The van der Waals surface area contributed by atoms with Crippen LogP contribution in [0.25, 0.3) is 0 Å². The second-order valence-electron chi connectivity index (χ2n) is 9.65. The van der Waals surface area contributed by atoms with Gasteiger partial charge in [0.05, 0.1) is 21.7 Å². The van der Waals surface area contributed by atoms with Crippen molar-refractivity contribution in [1.82, 2.24) is 19.7 Å². The van der Waals surface area contributed by atoms with Crippen molar-refractivity contribution in [1.29, 1.82) is 5.26 Å². The van der Waals surface area contributed by atoms with E-state index in [0.717, 1.165) is 0 Å². The van der Waals surface area contributed by atoms with Gasteiger partial charge in [0.25, 0.3) is 0 Å². The maximum atomic E-state index is 12.7. The smallest absolute Gasteiger partial charge is 0.240 e. The first-order chi connectivity index (χ1) is 18.0. The molecule has 10 N–H and O–H groups in total. The molecule has 14 nitrogen and oxygen atoms in total. The normalized spacial score (nSPS) is 24.2. The first kappa shape index (κ1) is 28.2. The number of hydrogen-bond acceptors (Lipinski definition) is 13. The number of anilines is 4. The van der Waals surface area contributed by atoms with E-state index < -0.39 is 10.0 Å². The molecular formula is C22H33ClN12O2S. The zero-order valence-corrected chi connectivity index (χ0v) is 22.4. The summed E-state index contributed by atoms with van der Waals surface area (Å²) < 4.78 is 27.7. The lowest BCUT2D eigenvalue weighted by Gasteiger charge is -2.37. The van der Waals surface area contributed by atoms with Crippen LogP contribution < -0.4 is 42.8 Å². The molecule has 0 spiro atoms. The average molecular weight is 565 g/mol. The Morgan fingerprint density at radius 3 is 1.97 bits per heavy atom. The number of rotatable bonds is 8. The number of aromatic nitrogens is 3. The SMILES string of the molecule is N#CCCNS(=O)(=O)c1ccc(Cl)c(Nc2nc(N3C[C@H](N)C[C@H](N)C3)nc(N3C[C@H](N)C[C@H](N)C3)n2)c1. The van der Waals surface area contributed by atoms with E-state index in [1.807, 2.05) is 15.9 Å². The molecule has 0 aliphatic carbocycles. The number of benzene rings is 1. The molecule has 2 fully saturated rings. The molecule has 16 heteroatoms. The highest BCUT2D eigenvalue weighted by atomic mass is 35.5. The van der Waals surface area contributed by atoms with Crippen molar-refractivity contribution in [3.05, 3.63) is 23.2 Å². The van der Waals surface area contributed by atoms with Crippen LogP contribution in [-0.4, -0.2) is 80.3 Å². The molecule has 1 aromatic carbocycles. The van der Waals surface area contributed by atoms with Crippen molar-refractivity contribution >= 4 is 45.2 Å². The van der Waals surface area contributed by atoms with E-state index in [1.54, 1.807) is 0 Å². The highest BCUT2D eigenvalue weighted by Gasteiger charge is 2.29. The minimum absolute atomic E-state index is 0.00930. The van der Waals surface area contributed by atoms with Gasteiger partial charge in [-0.3, -0.25) is 0 Å². The topological polar surface area (TPSA) is 231 Å². The van der Waals surface area contributed by atoms with Gasteiger partial charge >= 0.3 is 0 Å². The Morgan fingerprint density at radius 1 is 0.947 bits per heavy atom. The lowest BCUT2D eigenvalue weighted by Crippen LogP contribution is -2.54. The molecule has 0 amide bonds. The van der Waals surface area contributed by atoms with Crippen molar-refractivity contribution in [2.24, 2.45) is 22.9 Å². The Bertz CT molecular complexity index is 1230. The molecule has 0 radical (unpaired) electrons. The quantitative estimate of drug-likeness (QED) is 0.215. The molecule has 0 saturated carbocycles. The Kier molecular flexibility index (Phi) is 8.83. The summed E-state index contributed by atoms with van der Waals surface area (Å²) in [7, 11) is -3.86. The monoisotopic (exact) mass is 564 g/mol. The minimum Gasteiger partial charge on any atom is -0.338 e. The molecular weight excluding hydrogens is 532 g/mol. The van der Waals surface area contributed by atoms with Gasteiger partial charge in [-0.05, 0) is 31.0 Å². The van der Waals surface area contributed by atoms with E-state index in [-0.39, 0.29) is 58.7 Å². The van der Waals surface area contributed by atoms with Crippen molar-refractivity contribution in [3.63, 3.8) is 0 Å². The van der Waals surface area contributed by atoms with Crippen LogP contribution >= 0.6 is 11.6 Å². The molecule has 2 aliphatic heterocycles. The van der Waals surface area contributed by atoms with Crippen molar-refractivity contribution in [2.75, 3.05) is 47.8 Å². The van der Waals surface area contributed by atoms with Gasteiger partial charge in [-0.2, -0.15) is 20.2 Å². The van der Waals surface area contributed by atoms with Crippen LogP contribution in [-0.2, 0) is 10.0 Å². The Labute approximate surface area is 226 Å². The minimum atomic E-state index is -3.86. The first-order valence-electron chi connectivity index (χ1n) is 12.3. The maximum absolute atomic E-state index is 12.7. The van der Waals surface area contributed by atoms with E-state index in [9.17, 15) is 8.42 Å². The van der Waals surface area contributed by atoms with Gasteiger partial charge in [0.1, 0.15) is 0 Å². The van der Waals surface area contributed by atoms with E-state index >= 15 is 0 Å². The average Bonchev–Trinajstić information content (AvgIpc) is 2.84. The number of nitriles is 1. The highest BCUT2D eigenvalue weighted by molar-refractivity contribution is 7.89. The van der Waals surface area contributed by atoms with Gasteiger partial charge in [0, 0.05) is 63.3 Å². The van der Waals surface area contributed by atoms with E-state index in [0.29, 0.717) is 50.9 Å². The summed E-state index contributed by atoms with van der Waals surface area (Å²) >= 11 is 6.40. The van der Waals surface area contributed by atoms with Crippen LogP contribution in [0.3, 0.4) is 0 Å². The van der Waals surface area contributed by atoms with Crippen molar-refractivity contribution < 1.29 is 8.42 Å². The van der Waals surface area contributed by atoms with Crippen LogP contribution in [0.15, 0.2) is 23.1 Å². The van der Waals surface area contributed by atoms with Gasteiger partial charge in [-0.15, -0.1) is 0 Å². The molecule has 0 unspecified atom stereocenters. The summed E-state index contributed by atoms with van der Waals surface area (Å²) in [5, 5.41) is 12.0. The lowest BCUT2D eigenvalue weighted by atomic mass is 10.0. The number of halogens is 1. The summed E-state index contributed by atoms with van der Waals surface area (Å²) in [6.07, 6.45) is 1.42. The standard InChI is InChI=1S/C22H33ClN12O2S/c23-18-3-2-17(38(36,37)29-5-1-4-24)8-19(18)30-20-31-21(34-9-13(25)6-14(26)10-34)33-22(32-20)35-11-15(27)7-16(28)12-35/h2-3,8,13-16,29H,1,5-7,9-12,25-28H2,(H,30,31,32,33)/t13-,14+,15-,16+. The van der Waals surface area contributed by atoms with Crippen LogP contribution in [0.4, 0.5) is 23.5 Å². The van der Waals surface area contributed by atoms with Gasteiger partial charge in [0.2, 0.25) is 27.9 Å². The first-order valence-corrected chi connectivity index (χ1v) is 14.1. The zero-order chi connectivity index (χ0) is 27.4. The van der Waals surface area contributed by atoms with E-state index in [2.05, 4.69) is 25.0 Å². The molecule has 1 aromatic heterocycles. The molecule has 2 saturated heterocycles. The van der Waals surface area contributed by atoms with Crippen molar-refractivity contribution in [3.8, 4) is 6.07 Å². The predicted molar refractivity (Wildman–Crippen MR) is 146 cm³/mol. The summed E-state index contributed by atoms with van der Waals surface area (Å²) in [6, 6.07) is 5.54. The molecule has 4 rings (SSSR count). The third kappa shape index (κ3) is 6.97. The van der Waals surface area contributed by atoms with Crippen LogP contribution in [0.5, 0.6) is 0 Å². The summed E-state index contributed by atoms with van der Waals surface area (Å²) in [6.45, 7) is 2.04. The van der Waals surface area contributed by atoms with Crippen LogP contribution in [0.2, 0.25) is 5.02 Å². The number of nitrogens with two attached hydrogens (primary N) is 4. The van der Waals surface area contributed by atoms with E-state index in [1.165, 1.54) is 18.2 Å². The molecule has 2 aromatic rings. The molecule has 206 valence electrons. The fraction of sp³-hybridized carbons (Fsp3) is 0.545. The summed E-state index contributed by atoms with van der Waals surface area (Å²) in [5.41, 5.74) is 25.1. The fourth-order valence-electron chi connectivity index (χ4n) is 4.59. The highest BCUT2D eigenvalue weighted by Crippen LogP contribution is 2.29. The lowest BCUT2D eigenvalue weighted by molar-refractivity contribution is 0.441. The molecule has 4 atom stereocenters. The van der Waals surface area contributed by atoms with Crippen molar-refractivity contribution in [2.45, 2.75) is 48.3 Å². The van der Waals surface area contributed by atoms with Gasteiger partial charge in [-0.25, -0.2) is 13.1 Å². The van der Waals surface area contributed by atoms with Crippen LogP contribution in [0.1, 0.15) is 19.3 Å². The summed E-state index contributed by atoms with van der Waals surface area (Å²) in [4.78, 5) is 17.6. The second kappa shape index (κ2) is 11.9. The molecule has 3 heterocycles. The third-order valence-corrected chi connectivity index (χ3v) is 8.02. The Hall–Kier alpha value is -2.84. The number of sulfonamides is 1. The zero-order valence-electron chi connectivity index (χ0n) is 20.8. The largest absolute Gasteiger partial charge is 0.338 e. The Balaban J connectivity index is 1.68. The maximum Gasteiger partial charge on any atom is 0.240 e. The van der Waals surface area contributed by atoms with Gasteiger partial charge in [0.15, 0.2) is 0 Å². The Morgan fingerprint density at radius 2 is 1.47 bits per heavy atom. The molecule has 2 aliphatic rings. The predicted octanol–water partition coefficient (Wildman–Crippen LogP) is -0.810. The number of nitrogens with zero attached hydrogens (tertiary/aromatic N) is 6. The fourth-order valence-corrected chi connectivity index (χ4v) is 5.81. The third-order valence-electron chi connectivity index (χ3n) is 6.23. The number of nitrogens with one attached hydrogen (secondary N) is 2. The van der Waals surface area contributed by atoms with Gasteiger partial charge < -0.3 is 38.1 Å². The van der Waals surface area contributed by atoms with Gasteiger partial charge in [-0.1, -0.05) is 11.6 Å². The second-order valence-corrected chi connectivity index (χ2v) is 11.8. The summed E-state index contributed by atoms with van der Waals surface area (Å²) in [5.74, 6) is 0.891. The number of hydrogen-bond donors (Lipinski definition) is 6. The molecule has 0 bridgehead atoms. The molecule has 38 heavy (non-hydrogen) atoms. The van der Waals surface area contributed by atoms with Crippen LogP contribution in [0, 0.1) is 11.3 Å². The van der Waals surface area contributed by atoms with E-state index in [4.69, 9.17) is 39.8 Å². The number of piperidine rings is 2.